The zero-order valence-corrected chi connectivity index (χ0v) is 15.5. The highest BCUT2D eigenvalue weighted by Crippen LogP contribution is 2.22. The van der Waals surface area contributed by atoms with Gasteiger partial charge >= 0.3 is 0 Å². The summed E-state index contributed by atoms with van der Waals surface area (Å²) in [6, 6.07) is 6.06. The van der Waals surface area contributed by atoms with Crippen molar-refractivity contribution in [1.29, 1.82) is 0 Å². The number of amides is 1. The summed E-state index contributed by atoms with van der Waals surface area (Å²) in [5, 5.41) is 6.57. The third-order valence-corrected chi connectivity index (χ3v) is 6.50. The highest BCUT2D eigenvalue weighted by Gasteiger charge is 2.22. The first-order valence-corrected chi connectivity index (χ1v) is 10.4. The average Bonchev–Trinajstić information content (AvgIpc) is 2.56. The summed E-state index contributed by atoms with van der Waals surface area (Å²) in [5.74, 6) is 0.618. The summed E-state index contributed by atoms with van der Waals surface area (Å²) in [6.07, 6.45) is 2.73. The first kappa shape index (κ1) is 19.2. The maximum atomic E-state index is 12.2. The Morgan fingerprint density at radius 3 is 2.71 bits per heavy atom. The molecule has 1 saturated heterocycles. The van der Waals surface area contributed by atoms with Crippen LogP contribution in [0.3, 0.4) is 0 Å². The minimum Gasteiger partial charge on any atom is -0.355 e. The molecule has 1 aliphatic heterocycles. The molecule has 5 nitrogen and oxygen atoms in total. The molecule has 1 amide bonds. The molecule has 2 N–H and O–H groups in total. The van der Waals surface area contributed by atoms with Crippen LogP contribution >= 0.6 is 11.6 Å². The maximum absolute atomic E-state index is 12.2. The van der Waals surface area contributed by atoms with Crippen LogP contribution in [0.25, 0.3) is 0 Å². The molecule has 7 heteroatoms. The Labute approximate surface area is 149 Å². The first-order chi connectivity index (χ1) is 11.4. The van der Waals surface area contributed by atoms with Crippen LogP contribution in [-0.4, -0.2) is 39.7 Å². The molecule has 0 aliphatic carbocycles. The van der Waals surface area contributed by atoms with Gasteiger partial charge in [-0.05, 0) is 62.0 Å². The molecular weight excluding hydrogens is 348 g/mol. The maximum Gasteiger partial charge on any atom is 0.220 e. The molecular formula is C17H25ClN2O3S. The molecule has 0 radical (unpaired) electrons. The predicted molar refractivity (Wildman–Crippen MR) is 95.9 cm³/mol. The van der Waals surface area contributed by atoms with Gasteiger partial charge in [-0.3, -0.25) is 4.79 Å². The largest absolute Gasteiger partial charge is 0.355 e. The fourth-order valence-electron chi connectivity index (χ4n) is 2.98. The number of hydrogen-bond acceptors (Lipinski definition) is 4. The number of sulfone groups is 1. The number of carbonyl (C=O) groups excluding carboxylic acids is 1. The molecule has 1 aromatic rings. The normalized spacial score (nSPS) is 19.7. The number of nitrogens with one attached hydrogen (secondary N) is 2. The molecule has 0 spiro atoms. The fraction of sp³-hybridized carbons (Fsp3) is 0.588. The lowest BCUT2D eigenvalue weighted by atomic mass is 9.85. The molecule has 2 atom stereocenters. The summed E-state index contributed by atoms with van der Waals surface area (Å²) in [6.45, 7) is 4.22. The minimum absolute atomic E-state index is 0.0839. The van der Waals surface area contributed by atoms with E-state index >= 15 is 0 Å². The van der Waals surface area contributed by atoms with Crippen molar-refractivity contribution in [2.45, 2.75) is 31.1 Å². The SMILES string of the molecule is CC(CC(=O)NCCS(=O)(=O)c1ccc(Cl)cc1)C1CCCNC1. The third kappa shape index (κ3) is 5.76. The highest BCUT2D eigenvalue weighted by atomic mass is 35.5. The van der Waals surface area contributed by atoms with Crippen LogP contribution in [0.5, 0.6) is 0 Å². The van der Waals surface area contributed by atoms with E-state index in [1.807, 2.05) is 0 Å². The summed E-state index contributed by atoms with van der Waals surface area (Å²) >= 11 is 5.76. The van der Waals surface area contributed by atoms with Gasteiger partial charge in [-0.25, -0.2) is 8.42 Å². The lowest BCUT2D eigenvalue weighted by molar-refractivity contribution is -0.122. The Balaban J connectivity index is 1.76. The van der Waals surface area contributed by atoms with Crippen molar-refractivity contribution in [2.75, 3.05) is 25.4 Å². The van der Waals surface area contributed by atoms with Crippen LogP contribution in [0, 0.1) is 11.8 Å². The second kappa shape index (κ2) is 8.83. The lowest BCUT2D eigenvalue weighted by Crippen LogP contribution is -2.36. The Hall–Kier alpha value is -1.11. The Kier molecular flexibility index (Phi) is 7.07. The van der Waals surface area contributed by atoms with E-state index in [4.69, 9.17) is 11.6 Å². The Bertz CT molecular complexity index is 640. The standard InChI is InChI=1S/C17H25ClN2O3S/c1-13(14-3-2-8-19-12-14)11-17(21)20-9-10-24(22,23)16-6-4-15(18)5-7-16/h4-7,13-14,19H,2-3,8-12H2,1H3,(H,20,21). The van der Waals surface area contributed by atoms with E-state index in [1.54, 1.807) is 12.1 Å². The first-order valence-electron chi connectivity index (χ1n) is 8.34. The molecule has 0 aromatic heterocycles. The number of carbonyl (C=O) groups is 1. The molecule has 2 rings (SSSR count). The zero-order valence-electron chi connectivity index (χ0n) is 13.9. The van der Waals surface area contributed by atoms with Crippen molar-refractivity contribution in [3.8, 4) is 0 Å². The third-order valence-electron chi connectivity index (χ3n) is 4.51. The van der Waals surface area contributed by atoms with Crippen LogP contribution in [0.4, 0.5) is 0 Å². The van der Waals surface area contributed by atoms with Crippen molar-refractivity contribution in [1.82, 2.24) is 10.6 Å². The summed E-state index contributed by atoms with van der Waals surface area (Å²) in [4.78, 5) is 12.2. The van der Waals surface area contributed by atoms with Crippen LogP contribution in [0.15, 0.2) is 29.2 Å². The van der Waals surface area contributed by atoms with Gasteiger partial charge in [-0.15, -0.1) is 0 Å². The topological polar surface area (TPSA) is 75.3 Å². The van der Waals surface area contributed by atoms with Crippen LogP contribution < -0.4 is 10.6 Å². The number of hydrogen-bond donors (Lipinski definition) is 2. The molecule has 1 heterocycles. The second-order valence-corrected chi connectivity index (χ2v) is 8.96. The molecule has 24 heavy (non-hydrogen) atoms. The zero-order chi connectivity index (χ0) is 17.6. The Morgan fingerprint density at radius 1 is 1.38 bits per heavy atom. The number of halogens is 1. The van der Waals surface area contributed by atoms with Gasteiger partial charge < -0.3 is 10.6 Å². The highest BCUT2D eigenvalue weighted by molar-refractivity contribution is 7.91. The van der Waals surface area contributed by atoms with Crippen molar-refractivity contribution < 1.29 is 13.2 Å². The minimum atomic E-state index is -3.41. The van der Waals surface area contributed by atoms with Gasteiger partial charge in [0.25, 0.3) is 0 Å². The quantitative estimate of drug-likeness (QED) is 0.769. The van der Waals surface area contributed by atoms with Gasteiger partial charge in [-0.1, -0.05) is 18.5 Å². The summed E-state index contributed by atoms with van der Waals surface area (Å²) in [7, 11) is -3.41. The van der Waals surface area contributed by atoms with E-state index in [9.17, 15) is 13.2 Å². The number of piperidine rings is 1. The van der Waals surface area contributed by atoms with Gasteiger partial charge in [-0.2, -0.15) is 0 Å². The second-order valence-electron chi connectivity index (χ2n) is 6.41. The van der Waals surface area contributed by atoms with E-state index in [1.165, 1.54) is 12.1 Å². The van der Waals surface area contributed by atoms with Crippen LogP contribution in [0.1, 0.15) is 26.2 Å². The molecule has 134 valence electrons. The smallest absolute Gasteiger partial charge is 0.220 e. The van der Waals surface area contributed by atoms with Crippen molar-refractivity contribution in [2.24, 2.45) is 11.8 Å². The summed E-state index contributed by atoms with van der Waals surface area (Å²) in [5.41, 5.74) is 0. The van der Waals surface area contributed by atoms with E-state index in [-0.39, 0.29) is 23.1 Å². The monoisotopic (exact) mass is 372 g/mol. The molecule has 1 aliphatic rings. The Morgan fingerprint density at radius 2 is 2.08 bits per heavy atom. The van der Waals surface area contributed by atoms with Gasteiger partial charge in [0.1, 0.15) is 0 Å². The molecule has 0 bridgehead atoms. The summed E-state index contributed by atoms with van der Waals surface area (Å²) < 4.78 is 24.4. The van der Waals surface area contributed by atoms with Crippen molar-refractivity contribution in [3.63, 3.8) is 0 Å². The van der Waals surface area contributed by atoms with Crippen LogP contribution in [0.2, 0.25) is 5.02 Å². The van der Waals surface area contributed by atoms with Crippen molar-refractivity contribution >= 4 is 27.3 Å². The number of rotatable bonds is 7. The number of benzene rings is 1. The van der Waals surface area contributed by atoms with Gasteiger partial charge in [0, 0.05) is 18.0 Å². The predicted octanol–water partition coefficient (Wildman–Crippen LogP) is 2.26. The van der Waals surface area contributed by atoms with E-state index in [0.717, 1.165) is 25.9 Å². The van der Waals surface area contributed by atoms with E-state index in [2.05, 4.69) is 17.6 Å². The molecule has 1 fully saturated rings. The fourth-order valence-corrected chi connectivity index (χ4v) is 4.26. The van der Waals surface area contributed by atoms with Crippen molar-refractivity contribution in [3.05, 3.63) is 29.3 Å². The lowest BCUT2D eigenvalue weighted by Gasteiger charge is -2.28. The van der Waals surface area contributed by atoms with E-state index < -0.39 is 9.84 Å². The molecule has 0 saturated carbocycles. The van der Waals surface area contributed by atoms with Crippen LogP contribution in [-0.2, 0) is 14.6 Å². The average molecular weight is 373 g/mol. The molecule has 2 unspecified atom stereocenters. The van der Waals surface area contributed by atoms with Gasteiger partial charge in [0.05, 0.1) is 10.6 Å². The molecule has 1 aromatic carbocycles. The van der Waals surface area contributed by atoms with Gasteiger partial charge in [0.2, 0.25) is 5.91 Å². The van der Waals surface area contributed by atoms with E-state index in [0.29, 0.717) is 23.3 Å². The van der Waals surface area contributed by atoms with Gasteiger partial charge in [0.15, 0.2) is 9.84 Å².